The first-order chi connectivity index (χ1) is 9.20. The second kappa shape index (κ2) is 4.62. The number of aromatic carboxylic acids is 1. The molecule has 106 valence electrons. The summed E-state index contributed by atoms with van der Waals surface area (Å²) in [5.41, 5.74) is -1.86. The van der Waals surface area contributed by atoms with E-state index in [0.29, 0.717) is 18.2 Å². The van der Waals surface area contributed by atoms with Gasteiger partial charge in [-0.15, -0.1) is 0 Å². The Kier molecular flexibility index (Phi) is 3.24. The molecule has 1 aromatic heterocycles. The Morgan fingerprint density at radius 2 is 1.95 bits per heavy atom. The Bertz CT molecular complexity index is 677. The van der Waals surface area contributed by atoms with Crippen LogP contribution >= 0.6 is 0 Å². The zero-order chi connectivity index (χ0) is 15.1. The van der Waals surface area contributed by atoms with Gasteiger partial charge in [0.2, 0.25) is 0 Å². The molecule has 4 nitrogen and oxygen atoms in total. The number of nitrogens with zero attached hydrogens (tertiary/aromatic N) is 2. The van der Waals surface area contributed by atoms with Gasteiger partial charge < -0.3 is 5.11 Å². The topological polar surface area (TPSA) is 55.1 Å². The van der Waals surface area contributed by atoms with Crippen LogP contribution < -0.4 is 0 Å². The van der Waals surface area contributed by atoms with Gasteiger partial charge in [0.05, 0.1) is 11.3 Å². The van der Waals surface area contributed by atoms with Gasteiger partial charge in [-0.2, -0.15) is 18.3 Å². The molecule has 0 saturated heterocycles. The molecule has 8 heteroatoms. The van der Waals surface area contributed by atoms with Gasteiger partial charge in [-0.25, -0.2) is 9.18 Å². The van der Waals surface area contributed by atoms with Crippen molar-refractivity contribution < 1.29 is 27.5 Å². The van der Waals surface area contributed by atoms with Crippen molar-refractivity contribution >= 4 is 5.97 Å². The minimum atomic E-state index is -4.62. The molecule has 1 N–H and O–H groups in total. The number of carbonyl (C=O) groups is 1. The summed E-state index contributed by atoms with van der Waals surface area (Å²) < 4.78 is 52.3. The molecule has 1 heterocycles. The lowest BCUT2D eigenvalue weighted by atomic mass is 10.1. The highest BCUT2D eigenvalue weighted by Gasteiger charge is 2.31. The van der Waals surface area contributed by atoms with E-state index in [1.54, 1.807) is 0 Å². The first kappa shape index (κ1) is 14.0. The number of rotatable bonds is 2. The van der Waals surface area contributed by atoms with E-state index in [-0.39, 0.29) is 11.4 Å². The summed E-state index contributed by atoms with van der Waals surface area (Å²) in [6.07, 6.45) is -4.62. The van der Waals surface area contributed by atoms with Crippen molar-refractivity contribution in [3.63, 3.8) is 0 Å². The number of aromatic nitrogens is 2. The molecule has 1 aromatic carbocycles. The van der Waals surface area contributed by atoms with Crippen LogP contribution in [0.3, 0.4) is 0 Å². The summed E-state index contributed by atoms with van der Waals surface area (Å²) in [6, 6.07) is 2.90. The van der Waals surface area contributed by atoms with Gasteiger partial charge in [-0.3, -0.25) is 4.68 Å². The van der Waals surface area contributed by atoms with Crippen molar-refractivity contribution in [3.05, 3.63) is 41.3 Å². The van der Waals surface area contributed by atoms with Crippen LogP contribution in [0.4, 0.5) is 17.6 Å². The highest BCUT2D eigenvalue weighted by molar-refractivity contribution is 5.87. The summed E-state index contributed by atoms with van der Waals surface area (Å²) in [5.74, 6) is -2.22. The van der Waals surface area contributed by atoms with Crippen LogP contribution in [0.1, 0.15) is 16.1 Å². The summed E-state index contributed by atoms with van der Waals surface area (Å²) in [6.45, 7) is 0. The van der Waals surface area contributed by atoms with Crippen molar-refractivity contribution in [2.75, 3.05) is 0 Å². The van der Waals surface area contributed by atoms with Crippen LogP contribution in [-0.4, -0.2) is 20.9 Å². The maximum atomic E-state index is 13.6. The van der Waals surface area contributed by atoms with Crippen LogP contribution in [0.2, 0.25) is 0 Å². The predicted molar refractivity (Wildman–Crippen MR) is 60.6 cm³/mol. The van der Waals surface area contributed by atoms with E-state index < -0.39 is 29.1 Å². The third kappa shape index (κ3) is 2.49. The largest absolute Gasteiger partial charge is 0.477 e. The third-order valence-electron chi connectivity index (χ3n) is 2.67. The average molecular weight is 288 g/mol. The fraction of sp³-hybridized carbons (Fsp3) is 0.167. The molecule has 20 heavy (non-hydrogen) atoms. The maximum absolute atomic E-state index is 13.6. The first-order valence-electron chi connectivity index (χ1n) is 5.34. The number of carboxylic acid groups (broad SMARTS) is 1. The van der Waals surface area contributed by atoms with Gasteiger partial charge in [-0.05, 0) is 24.3 Å². The Hall–Kier alpha value is -2.38. The summed E-state index contributed by atoms with van der Waals surface area (Å²) in [5, 5.41) is 12.6. The molecule has 0 unspecified atom stereocenters. The molecule has 0 bridgehead atoms. The number of aryl methyl sites for hydroxylation is 1. The smallest absolute Gasteiger partial charge is 0.416 e. The van der Waals surface area contributed by atoms with E-state index in [0.717, 1.165) is 10.7 Å². The van der Waals surface area contributed by atoms with Crippen molar-refractivity contribution in [2.45, 2.75) is 6.18 Å². The van der Waals surface area contributed by atoms with E-state index >= 15 is 0 Å². The molecule has 0 amide bonds. The van der Waals surface area contributed by atoms with Crippen LogP contribution in [0.25, 0.3) is 11.3 Å². The Morgan fingerprint density at radius 3 is 2.45 bits per heavy atom. The molecule has 0 aliphatic carbocycles. The lowest BCUT2D eigenvalue weighted by Gasteiger charge is -2.08. The zero-order valence-corrected chi connectivity index (χ0v) is 10.1. The maximum Gasteiger partial charge on any atom is 0.416 e. The van der Waals surface area contributed by atoms with E-state index in [1.165, 1.54) is 7.05 Å². The Morgan fingerprint density at radius 1 is 1.30 bits per heavy atom. The molecule has 0 atom stereocenters. The fourth-order valence-corrected chi connectivity index (χ4v) is 1.70. The molecule has 0 fully saturated rings. The van der Waals surface area contributed by atoms with Gasteiger partial charge in [-0.1, -0.05) is 0 Å². The second-order valence-corrected chi connectivity index (χ2v) is 4.04. The second-order valence-electron chi connectivity index (χ2n) is 4.04. The minimum Gasteiger partial charge on any atom is -0.477 e. The molecule has 0 aliphatic heterocycles. The monoisotopic (exact) mass is 288 g/mol. The number of carboxylic acids is 1. The molecule has 0 spiro atoms. The van der Waals surface area contributed by atoms with Crippen LogP contribution in [0, 0.1) is 5.82 Å². The van der Waals surface area contributed by atoms with Crippen LogP contribution in [0.15, 0.2) is 24.3 Å². The number of benzene rings is 1. The van der Waals surface area contributed by atoms with Gasteiger partial charge in [0, 0.05) is 12.6 Å². The number of hydrogen-bond acceptors (Lipinski definition) is 2. The zero-order valence-electron chi connectivity index (χ0n) is 10.1. The Balaban J connectivity index is 2.57. The number of alkyl halides is 3. The molecule has 0 aliphatic rings. The van der Waals surface area contributed by atoms with Gasteiger partial charge in [0.1, 0.15) is 11.5 Å². The van der Waals surface area contributed by atoms with Crippen molar-refractivity contribution in [2.24, 2.45) is 7.05 Å². The highest BCUT2D eigenvalue weighted by atomic mass is 19.4. The molecule has 0 radical (unpaired) electrons. The number of hydrogen-bond donors (Lipinski definition) is 1. The molecule has 2 rings (SSSR count). The predicted octanol–water partition coefficient (Wildman–Crippen LogP) is 2.94. The van der Waals surface area contributed by atoms with Crippen molar-refractivity contribution in [1.82, 2.24) is 9.78 Å². The van der Waals surface area contributed by atoms with Gasteiger partial charge in [0.15, 0.2) is 0 Å². The average Bonchev–Trinajstić information content (AvgIpc) is 2.70. The first-order valence-corrected chi connectivity index (χ1v) is 5.34. The molecular formula is C12H8F4N2O2. The lowest BCUT2D eigenvalue weighted by Crippen LogP contribution is -2.05. The van der Waals surface area contributed by atoms with E-state index in [4.69, 9.17) is 5.11 Å². The summed E-state index contributed by atoms with van der Waals surface area (Å²) in [7, 11) is 1.30. The Labute approximate surface area is 110 Å². The van der Waals surface area contributed by atoms with Gasteiger partial charge >= 0.3 is 12.1 Å². The van der Waals surface area contributed by atoms with Crippen molar-refractivity contribution in [3.8, 4) is 11.3 Å². The summed E-state index contributed by atoms with van der Waals surface area (Å²) >= 11 is 0. The summed E-state index contributed by atoms with van der Waals surface area (Å²) in [4.78, 5) is 10.8. The molecular weight excluding hydrogens is 280 g/mol. The van der Waals surface area contributed by atoms with E-state index in [9.17, 15) is 22.4 Å². The standard InChI is InChI=1S/C12H8F4N2O2/c1-18-10(11(19)20)5-9(17-18)7-4-6(12(14,15)16)2-3-8(7)13/h2-5H,1H3,(H,19,20). The third-order valence-corrected chi connectivity index (χ3v) is 2.67. The van der Waals surface area contributed by atoms with E-state index in [1.807, 2.05) is 0 Å². The number of halogens is 4. The minimum absolute atomic E-state index is 0.173. The molecule has 0 saturated carbocycles. The SMILES string of the molecule is Cn1nc(-c2cc(C(F)(F)F)ccc2F)cc1C(=O)O. The fourth-order valence-electron chi connectivity index (χ4n) is 1.70. The quantitative estimate of drug-likeness (QED) is 0.864. The lowest BCUT2D eigenvalue weighted by molar-refractivity contribution is -0.137. The normalized spacial score (nSPS) is 11.7. The van der Waals surface area contributed by atoms with Crippen LogP contribution in [-0.2, 0) is 13.2 Å². The highest BCUT2D eigenvalue weighted by Crippen LogP contribution is 2.33. The van der Waals surface area contributed by atoms with Crippen molar-refractivity contribution in [1.29, 1.82) is 0 Å². The van der Waals surface area contributed by atoms with Crippen LogP contribution in [0.5, 0.6) is 0 Å². The molecule has 2 aromatic rings. The van der Waals surface area contributed by atoms with E-state index in [2.05, 4.69) is 5.10 Å². The van der Waals surface area contributed by atoms with Gasteiger partial charge in [0.25, 0.3) is 0 Å².